The Balaban J connectivity index is 1.52. The second-order valence-electron chi connectivity index (χ2n) is 10.8. The van der Waals surface area contributed by atoms with Crippen molar-refractivity contribution in [2.24, 2.45) is 11.8 Å². The molecule has 0 aromatic heterocycles. The minimum absolute atomic E-state index is 0.0528. The van der Waals surface area contributed by atoms with Gasteiger partial charge in [0.05, 0.1) is 27.3 Å². The Morgan fingerprint density at radius 3 is 2.46 bits per heavy atom. The zero-order valence-electron chi connectivity index (χ0n) is 23.0. The average molecular weight is 594 g/mol. The van der Waals surface area contributed by atoms with E-state index in [1.54, 1.807) is 56.8 Å². The van der Waals surface area contributed by atoms with E-state index in [1.807, 2.05) is 36.4 Å². The van der Waals surface area contributed by atoms with Crippen molar-refractivity contribution in [1.29, 1.82) is 0 Å². The Morgan fingerprint density at radius 1 is 1.07 bits per heavy atom. The molecule has 3 aliphatic heterocycles. The maximum absolute atomic E-state index is 14.5. The summed E-state index contributed by atoms with van der Waals surface area (Å²) in [6.45, 7) is 8.86. The highest BCUT2D eigenvalue weighted by Crippen LogP contribution is 2.66. The number of carbonyl (C=O) groups is 3. The molecule has 2 aromatic rings. The predicted molar refractivity (Wildman–Crippen MR) is 164 cm³/mol. The molecule has 5 atom stereocenters. The van der Waals surface area contributed by atoms with Crippen molar-refractivity contribution >= 4 is 46.8 Å². The van der Waals surface area contributed by atoms with Gasteiger partial charge in [-0.05, 0) is 37.0 Å². The lowest BCUT2D eigenvalue weighted by molar-refractivity contribution is -0.144. The summed E-state index contributed by atoms with van der Waals surface area (Å²) in [7, 11) is 0. The minimum atomic E-state index is -0.780. The molecule has 3 heterocycles. The fourth-order valence-electron chi connectivity index (χ4n) is 6.85. The van der Waals surface area contributed by atoms with Crippen molar-refractivity contribution in [3.05, 3.63) is 90.5 Å². The number of rotatable bonds is 12. The Bertz CT molecular complexity index is 1320. The summed E-state index contributed by atoms with van der Waals surface area (Å²) < 4.78 is -0.734. The standard InChI is InChI=1S/C32H36ClN3O4S/c1-3-17-34(21-22-11-6-5-7-12-22)29(38)26-25-15-16-32(41-25)27(26)30(39)36(19-10-20-37)28(32)31(40)35(18-4-2)24-14-9-8-13-23(24)33/h3-9,11-14,25-28,37H,1-2,10,15-21H2/t25-,26+,27-,28?,32?/m0/s1. The molecule has 41 heavy (non-hydrogen) atoms. The Kier molecular flexibility index (Phi) is 8.92. The molecule has 216 valence electrons. The first-order valence-electron chi connectivity index (χ1n) is 14.1. The molecule has 1 spiro atoms. The molecule has 1 N–H and O–H groups in total. The Labute approximate surface area is 250 Å². The molecule has 0 saturated carbocycles. The Hall–Kier alpha value is -3.07. The molecule has 3 aliphatic rings. The van der Waals surface area contributed by atoms with Gasteiger partial charge in [-0.1, -0.05) is 66.2 Å². The maximum atomic E-state index is 14.5. The number of likely N-dealkylation sites (tertiary alicyclic amines) is 1. The summed E-state index contributed by atoms with van der Waals surface area (Å²) in [4.78, 5) is 48.0. The number of anilines is 1. The largest absolute Gasteiger partial charge is 0.396 e. The lowest BCUT2D eigenvalue weighted by Gasteiger charge is -2.37. The van der Waals surface area contributed by atoms with Crippen LogP contribution >= 0.6 is 23.4 Å². The van der Waals surface area contributed by atoms with Crippen LogP contribution in [0.25, 0.3) is 0 Å². The van der Waals surface area contributed by atoms with E-state index in [1.165, 1.54) is 0 Å². The average Bonchev–Trinajstić information content (AvgIpc) is 3.62. The van der Waals surface area contributed by atoms with E-state index in [9.17, 15) is 19.5 Å². The number of amides is 3. The summed E-state index contributed by atoms with van der Waals surface area (Å²) >= 11 is 8.17. The number of hydrogen-bond donors (Lipinski definition) is 1. The third kappa shape index (κ3) is 5.22. The van der Waals surface area contributed by atoms with Gasteiger partial charge in [-0.15, -0.1) is 24.9 Å². The molecule has 3 amide bonds. The van der Waals surface area contributed by atoms with Gasteiger partial charge >= 0.3 is 0 Å². The van der Waals surface area contributed by atoms with Crippen molar-refractivity contribution in [3.63, 3.8) is 0 Å². The normalized spacial score (nSPS) is 26.1. The number of carbonyl (C=O) groups excluding carboxylic acids is 3. The zero-order chi connectivity index (χ0) is 29.1. The van der Waals surface area contributed by atoms with Crippen LogP contribution in [0.15, 0.2) is 79.9 Å². The van der Waals surface area contributed by atoms with E-state index >= 15 is 0 Å². The third-order valence-electron chi connectivity index (χ3n) is 8.47. The molecule has 5 rings (SSSR count). The van der Waals surface area contributed by atoms with Crippen LogP contribution in [0.1, 0.15) is 24.8 Å². The van der Waals surface area contributed by atoms with Crippen LogP contribution in [0, 0.1) is 11.8 Å². The molecule has 7 nitrogen and oxygen atoms in total. The molecule has 2 unspecified atom stereocenters. The number of aliphatic hydroxyl groups excluding tert-OH is 1. The van der Waals surface area contributed by atoms with Crippen molar-refractivity contribution < 1.29 is 19.5 Å². The zero-order valence-corrected chi connectivity index (χ0v) is 24.6. The van der Waals surface area contributed by atoms with Gasteiger partial charge in [0.2, 0.25) is 11.8 Å². The summed E-state index contributed by atoms with van der Waals surface area (Å²) in [5.41, 5.74) is 1.56. The molecule has 9 heteroatoms. The van der Waals surface area contributed by atoms with Crippen LogP contribution in [-0.2, 0) is 20.9 Å². The monoisotopic (exact) mass is 593 g/mol. The fraction of sp³-hybridized carbons (Fsp3) is 0.406. The number of aliphatic hydroxyl groups is 1. The van der Waals surface area contributed by atoms with Crippen LogP contribution in [0.4, 0.5) is 5.69 Å². The lowest BCUT2D eigenvalue weighted by Crippen LogP contribution is -2.55. The SMILES string of the molecule is C=CCN(Cc1ccccc1)C(=O)[C@@H]1[C@@H]2CCC3(S2)C(C(=O)N(CC=C)c2ccccc2Cl)N(CCCO)C(=O)[C@H]13. The van der Waals surface area contributed by atoms with Gasteiger partial charge in [-0.2, -0.15) is 0 Å². The number of nitrogens with zero attached hydrogens (tertiary/aromatic N) is 3. The minimum Gasteiger partial charge on any atom is -0.396 e. The first-order valence-corrected chi connectivity index (χ1v) is 15.3. The molecule has 3 saturated heterocycles. The van der Waals surface area contributed by atoms with E-state index < -0.39 is 22.6 Å². The maximum Gasteiger partial charge on any atom is 0.251 e. The second kappa shape index (κ2) is 12.4. The van der Waals surface area contributed by atoms with Crippen LogP contribution in [0.5, 0.6) is 0 Å². The third-order valence-corrected chi connectivity index (χ3v) is 10.7. The second-order valence-corrected chi connectivity index (χ2v) is 12.9. The smallest absolute Gasteiger partial charge is 0.251 e. The van der Waals surface area contributed by atoms with E-state index in [4.69, 9.17) is 11.6 Å². The van der Waals surface area contributed by atoms with Gasteiger partial charge in [-0.25, -0.2) is 0 Å². The van der Waals surface area contributed by atoms with Gasteiger partial charge in [0.15, 0.2) is 0 Å². The number of halogens is 1. The quantitative estimate of drug-likeness (QED) is 0.365. The fourth-order valence-corrected chi connectivity index (χ4v) is 9.30. The van der Waals surface area contributed by atoms with Crippen LogP contribution < -0.4 is 4.90 Å². The molecular formula is C32H36ClN3O4S. The van der Waals surface area contributed by atoms with E-state index in [2.05, 4.69) is 13.2 Å². The van der Waals surface area contributed by atoms with Crippen LogP contribution in [0.2, 0.25) is 5.02 Å². The lowest BCUT2D eigenvalue weighted by atomic mass is 9.70. The molecular weight excluding hydrogens is 558 g/mol. The number of benzene rings is 2. The molecule has 2 bridgehead atoms. The van der Waals surface area contributed by atoms with Crippen LogP contribution in [-0.4, -0.2) is 74.9 Å². The Morgan fingerprint density at radius 2 is 1.78 bits per heavy atom. The van der Waals surface area contributed by atoms with Crippen molar-refractivity contribution in [2.75, 3.05) is 31.1 Å². The van der Waals surface area contributed by atoms with Gasteiger partial charge in [0, 0.05) is 38.0 Å². The molecule has 2 aromatic carbocycles. The summed E-state index contributed by atoms with van der Waals surface area (Å²) in [5, 5.41) is 10.0. The van der Waals surface area contributed by atoms with Crippen molar-refractivity contribution in [2.45, 2.75) is 41.8 Å². The number of hydrogen-bond acceptors (Lipinski definition) is 5. The summed E-state index contributed by atoms with van der Waals surface area (Å²) in [5.74, 6) is -1.64. The van der Waals surface area contributed by atoms with Gasteiger partial charge < -0.3 is 19.8 Å². The highest BCUT2D eigenvalue weighted by molar-refractivity contribution is 8.02. The van der Waals surface area contributed by atoms with E-state index in [0.717, 1.165) is 12.0 Å². The molecule has 3 fully saturated rings. The molecule has 0 aliphatic carbocycles. The van der Waals surface area contributed by atoms with Crippen molar-refractivity contribution in [3.8, 4) is 0 Å². The topological polar surface area (TPSA) is 81.2 Å². The molecule has 0 radical (unpaired) electrons. The van der Waals surface area contributed by atoms with Crippen molar-refractivity contribution in [1.82, 2.24) is 9.80 Å². The van der Waals surface area contributed by atoms with E-state index in [0.29, 0.717) is 36.6 Å². The number of fused-ring (bicyclic) bond motifs is 1. The van der Waals surface area contributed by atoms with Gasteiger partial charge in [-0.3, -0.25) is 14.4 Å². The number of para-hydroxylation sites is 1. The first kappa shape index (κ1) is 29.4. The highest BCUT2D eigenvalue weighted by atomic mass is 35.5. The summed E-state index contributed by atoms with van der Waals surface area (Å²) in [6.07, 6.45) is 5.12. The predicted octanol–water partition coefficient (Wildman–Crippen LogP) is 4.55. The first-order chi connectivity index (χ1) is 19.9. The van der Waals surface area contributed by atoms with Gasteiger partial charge in [0.25, 0.3) is 5.91 Å². The summed E-state index contributed by atoms with van der Waals surface area (Å²) in [6, 6.07) is 16.1. The highest BCUT2D eigenvalue weighted by Gasteiger charge is 2.74. The van der Waals surface area contributed by atoms with Gasteiger partial charge in [0.1, 0.15) is 6.04 Å². The number of thioether (sulfide) groups is 1. The van der Waals surface area contributed by atoms with Crippen LogP contribution in [0.3, 0.4) is 0 Å². The van der Waals surface area contributed by atoms with E-state index in [-0.39, 0.29) is 42.7 Å².